The highest BCUT2D eigenvalue weighted by molar-refractivity contribution is 5.78. The topological polar surface area (TPSA) is 73.9 Å². The van der Waals surface area contributed by atoms with E-state index in [1.165, 1.54) is 0 Å². The van der Waals surface area contributed by atoms with Crippen LogP contribution < -0.4 is 10.6 Å². The van der Waals surface area contributed by atoms with Crippen LogP contribution in [0.3, 0.4) is 0 Å². The lowest BCUT2D eigenvalue weighted by Crippen LogP contribution is -2.49. The summed E-state index contributed by atoms with van der Waals surface area (Å²) in [4.78, 5) is 27.6. The van der Waals surface area contributed by atoms with Crippen molar-refractivity contribution in [1.82, 2.24) is 20.4 Å². The Bertz CT molecular complexity index is 417. The molecule has 0 radical (unpaired) electrons. The van der Waals surface area contributed by atoms with E-state index >= 15 is 0 Å². The van der Waals surface area contributed by atoms with Crippen molar-refractivity contribution in [1.29, 1.82) is 0 Å². The Morgan fingerprint density at radius 1 is 1.33 bits per heavy atom. The SMILES string of the molecule is CC(C)CN1CCOC(CNC(=O)NCCCN2CCCC2=O)C1. The van der Waals surface area contributed by atoms with Gasteiger partial charge in [-0.1, -0.05) is 13.8 Å². The average molecular weight is 340 g/mol. The fourth-order valence-corrected chi connectivity index (χ4v) is 3.27. The summed E-state index contributed by atoms with van der Waals surface area (Å²) < 4.78 is 5.72. The van der Waals surface area contributed by atoms with Crippen molar-refractivity contribution in [3.8, 4) is 0 Å². The molecular weight excluding hydrogens is 308 g/mol. The first-order chi connectivity index (χ1) is 11.5. The minimum Gasteiger partial charge on any atom is -0.374 e. The van der Waals surface area contributed by atoms with Crippen LogP contribution in [0.15, 0.2) is 0 Å². The highest BCUT2D eigenvalue weighted by Crippen LogP contribution is 2.09. The van der Waals surface area contributed by atoms with Gasteiger partial charge < -0.3 is 20.3 Å². The summed E-state index contributed by atoms with van der Waals surface area (Å²) in [6.45, 7) is 10.8. The third-order valence-electron chi connectivity index (χ3n) is 4.40. The number of nitrogens with one attached hydrogen (secondary N) is 2. The van der Waals surface area contributed by atoms with E-state index in [-0.39, 0.29) is 18.0 Å². The van der Waals surface area contributed by atoms with Gasteiger partial charge in [0.15, 0.2) is 0 Å². The van der Waals surface area contributed by atoms with Crippen molar-refractivity contribution < 1.29 is 14.3 Å². The number of hydrogen-bond donors (Lipinski definition) is 2. The highest BCUT2D eigenvalue weighted by atomic mass is 16.5. The van der Waals surface area contributed by atoms with Gasteiger partial charge in [-0.3, -0.25) is 9.69 Å². The summed E-state index contributed by atoms with van der Waals surface area (Å²) in [5, 5.41) is 5.73. The fraction of sp³-hybridized carbons (Fsp3) is 0.882. The number of carbonyl (C=O) groups is 2. The molecule has 0 saturated carbocycles. The number of urea groups is 1. The first-order valence-electron chi connectivity index (χ1n) is 9.18. The smallest absolute Gasteiger partial charge is 0.314 e. The number of carbonyl (C=O) groups excluding carboxylic acids is 2. The van der Waals surface area contributed by atoms with Crippen molar-refractivity contribution in [2.75, 3.05) is 52.4 Å². The summed E-state index contributed by atoms with van der Waals surface area (Å²) in [6, 6.07) is -0.160. The molecule has 2 aliphatic heterocycles. The second kappa shape index (κ2) is 9.84. The Kier molecular flexibility index (Phi) is 7.78. The van der Waals surface area contributed by atoms with E-state index < -0.39 is 0 Å². The van der Waals surface area contributed by atoms with Gasteiger partial charge in [0.05, 0.1) is 12.7 Å². The van der Waals surface area contributed by atoms with E-state index in [0.717, 1.165) is 52.2 Å². The average Bonchev–Trinajstić information content (AvgIpc) is 2.94. The third-order valence-corrected chi connectivity index (χ3v) is 4.40. The van der Waals surface area contributed by atoms with Gasteiger partial charge in [0, 0.05) is 52.2 Å². The van der Waals surface area contributed by atoms with Crippen LogP contribution in [0.2, 0.25) is 0 Å². The minimum atomic E-state index is -0.160. The van der Waals surface area contributed by atoms with Crippen molar-refractivity contribution >= 4 is 11.9 Å². The molecule has 138 valence electrons. The van der Waals surface area contributed by atoms with E-state index in [1.54, 1.807) is 0 Å². The van der Waals surface area contributed by atoms with E-state index in [0.29, 0.717) is 25.4 Å². The lowest BCUT2D eigenvalue weighted by molar-refractivity contribution is -0.127. The molecule has 2 N–H and O–H groups in total. The molecule has 0 bridgehead atoms. The van der Waals surface area contributed by atoms with Crippen LogP contribution in [0.1, 0.15) is 33.1 Å². The Morgan fingerprint density at radius 2 is 2.17 bits per heavy atom. The Hall–Kier alpha value is -1.34. The maximum atomic E-state index is 11.8. The van der Waals surface area contributed by atoms with Crippen LogP contribution in [0.5, 0.6) is 0 Å². The molecule has 7 heteroatoms. The van der Waals surface area contributed by atoms with Crippen LogP contribution in [0.4, 0.5) is 4.79 Å². The molecule has 0 aliphatic carbocycles. The second-order valence-corrected chi connectivity index (χ2v) is 7.12. The number of amides is 3. The summed E-state index contributed by atoms with van der Waals surface area (Å²) in [5.41, 5.74) is 0. The molecule has 2 heterocycles. The maximum absolute atomic E-state index is 11.8. The number of rotatable bonds is 8. The van der Waals surface area contributed by atoms with Gasteiger partial charge in [-0.15, -0.1) is 0 Å². The fourth-order valence-electron chi connectivity index (χ4n) is 3.27. The number of ether oxygens (including phenoxy) is 1. The minimum absolute atomic E-state index is 0.0606. The number of morpholine rings is 1. The molecule has 1 unspecified atom stereocenters. The molecular formula is C17H32N4O3. The number of likely N-dealkylation sites (tertiary alicyclic amines) is 1. The van der Waals surface area contributed by atoms with Gasteiger partial charge in [-0.05, 0) is 18.8 Å². The molecule has 0 aromatic carbocycles. The van der Waals surface area contributed by atoms with Gasteiger partial charge in [0.1, 0.15) is 0 Å². The van der Waals surface area contributed by atoms with E-state index in [9.17, 15) is 9.59 Å². The van der Waals surface area contributed by atoms with Crippen molar-refractivity contribution in [3.63, 3.8) is 0 Å². The van der Waals surface area contributed by atoms with Crippen LogP contribution in [-0.2, 0) is 9.53 Å². The van der Waals surface area contributed by atoms with Crippen molar-refractivity contribution in [3.05, 3.63) is 0 Å². The van der Waals surface area contributed by atoms with Crippen molar-refractivity contribution in [2.45, 2.75) is 39.2 Å². The maximum Gasteiger partial charge on any atom is 0.314 e. The first kappa shape index (κ1) is 19.0. The number of nitrogens with zero attached hydrogens (tertiary/aromatic N) is 2. The first-order valence-corrected chi connectivity index (χ1v) is 9.18. The third kappa shape index (κ3) is 6.65. The summed E-state index contributed by atoms with van der Waals surface area (Å²) >= 11 is 0. The quantitative estimate of drug-likeness (QED) is 0.637. The molecule has 2 aliphatic rings. The standard InChI is InChI=1S/C17H32N4O3/c1-14(2)12-20-9-10-24-15(13-20)11-19-17(23)18-6-4-8-21-7-3-5-16(21)22/h14-15H,3-13H2,1-2H3,(H2,18,19,23). The van der Waals surface area contributed by atoms with Gasteiger partial charge >= 0.3 is 6.03 Å². The summed E-state index contributed by atoms with van der Waals surface area (Å²) in [5.74, 6) is 0.877. The summed E-state index contributed by atoms with van der Waals surface area (Å²) in [7, 11) is 0. The van der Waals surface area contributed by atoms with Gasteiger partial charge in [0.2, 0.25) is 5.91 Å². The van der Waals surface area contributed by atoms with E-state index in [2.05, 4.69) is 29.4 Å². The number of hydrogen-bond acceptors (Lipinski definition) is 4. The van der Waals surface area contributed by atoms with Crippen LogP contribution in [-0.4, -0.2) is 80.3 Å². The Morgan fingerprint density at radius 3 is 2.88 bits per heavy atom. The zero-order valence-corrected chi connectivity index (χ0v) is 15.1. The Labute approximate surface area is 145 Å². The molecule has 2 fully saturated rings. The highest BCUT2D eigenvalue weighted by Gasteiger charge is 2.21. The molecule has 0 spiro atoms. The molecule has 3 amide bonds. The zero-order chi connectivity index (χ0) is 17.4. The van der Waals surface area contributed by atoms with Crippen LogP contribution in [0, 0.1) is 5.92 Å². The molecule has 0 aromatic rings. The van der Waals surface area contributed by atoms with Crippen molar-refractivity contribution in [2.24, 2.45) is 5.92 Å². The Balaban J connectivity index is 1.53. The predicted molar refractivity (Wildman–Crippen MR) is 92.9 cm³/mol. The lowest BCUT2D eigenvalue weighted by atomic mass is 10.2. The largest absolute Gasteiger partial charge is 0.374 e. The monoisotopic (exact) mass is 340 g/mol. The molecule has 0 aromatic heterocycles. The normalized spacial score (nSPS) is 22.2. The zero-order valence-electron chi connectivity index (χ0n) is 15.1. The molecule has 24 heavy (non-hydrogen) atoms. The van der Waals surface area contributed by atoms with E-state index in [4.69, 9.17) is 4.74 Å². The van der Waals surface area contributed by atoms with Crippen LogP contribution >= 0.6 is 0 Å². The molecule has 1 atom stereocenters. The van der Waals surface area contributed by atoms with Crippen LogP contribution in [0.25, 0.3) is 0 Å². The molecule has 7 nitrogen and oxygen atoms in total. The van der Waals surface area contributed by atoms with Gasteiger partial charge in [0.25, 0.3) is 0 Å². The second-order valence-electron chi connectivity index (χ2n) is 7.12. The van der Waals surface area contributed by atoms with E-state index in [1.807, 2.05) is 4.90 Å². The predicted octanol–water partition coefficient (Wildman–Crippen LogP) is 0.655. The lowest BCUT2D eigenvalue weighted by Gasteiger charge is -2.33. The molecule has 2 saturated heterocycles. The van der Waals surface area contributed by atoms with Gasteiger partial charge in [-0.2, -0.15) is 0 Å². The summed E-state index contributed by atoms with van der Waals surface area (Å²) in [6.07, 6.45) is 2.48. The molecule has 2 rings (SSSR count). The van der Waals surface area contributed by atoms with Gasteiger partial charge in [-0.25, -0.2) is 4.79 Å².